The minimum absolute atomic E-state index is 0.108. The second kappa shape index (κ2) is 7.68. The number of carbonyl (C=O) groups is 4. The number of benzene rings is 2. The molecule has 0 saturated carbocycles. The highest BCUT2D eigenvalue weighted by molar-refractivity contribution is 7.12. The first-order valence-electron chi connectivity index (χ1n) is 9.20. The van der Waals surface area contributed by atoms with E-state index in [2.05, 4.69) is 0 Å². The molecule has 1 aliphatic heterocycles. The minimum atomic E-state index is -0.729. The number of carbonyl (C=O) groups excluding carboxylic acids is 4. The standard InChI is InChI=1S/C23H17NO5S/c1-13-8-14(2)10-16(9-13)24-21(26)17-6-5-15(11-18(17)22(24)27)23(28)29-12-19(25)20-4-3-7-30-20/h3-11H,12H2,1-2H3. The summed E-state index contributed by atoms with van der Waals surface area (Å²) in [5, 5.41) is 1.76. The lowest BCUT2D eigenvalue weighted by Crippen LogP contribution is -2.29. The normalized spacial score (nSPS) is 12.8. The zero-order valence-corrected chi connectivity index (χ0v) is 17.1. The third kappa shape index (κ3) is 3.55. The maximum Gasteiger partial charge on any atom is 0.338 e. The van der Waals surface area contributed by atoms with Gasteiger partial charge in [0.25, 0.3) is 11.8 Å². The molecule has 0 aliphatic carbocycles. The zero-order valence-electron chi connectivity index (χ0n) is 16.3. The highest BCUT2D eigenvalue weighted by Crippen LogP contribution is 2.30. The van der Waals surface area contributed by atoms with E-state index in [1.54, 1.807) is 29.6 Å². The number of ether oxygens (including phenoxy) is 1. The van der Waals surface area contributed by atoms with Crippen LogP contribution in [0.1, 0.15) is 51.9 Å². The Hall–Kier alpha value is -3.58. The van der Waals surface area contributed by atoms with Gasteiger partial charge in [-0.2, -0.15) is 0 Å². The molecule has 2 heterocycles. The first-order chi connectivity index (χ1) is 14.3. The molecule has 2 aromatic carbocycles. The van der Waals surface area contributed by atoms with Crippen molar-refractivity contribution in [3.05, 3.63) is 86.6 Å². The summed E-state index contributed by atoms with van der Waals surface area (Å²) in [6.07, 6.45) is 0. The number of amides is 2. The van der Waals surface area contributed by atoms with Crippen molar-refractivity contribution in [1.82, 2.24) is 0 Å². The maximum absolute atomic E-state index is 12.9. The molecule has 150 valence electrons. The van der Waals surface area contributed by atoms with Gasteiger partial charge >= 0.3 is 5.97 Å². The van der Waals surface area contributed by atoms with Gasteiger partial charge in [0.1, 0.15) is 0 Å². The number of esters is 1. The van der Waals surface area contributed by atoms with E-state index in [0.29, 0.717) is 10.6 Å². The van der Waals surface area contributed by atoms with E-state index in [9.17, 15) is 19.2 Å². The Morgan fingerprint density at radius 2 is 1.63 bits per heavy atom. The number of fused-ring (bicyclic) bond motifs is 1. The molecule has 0 radical (unpaired) electrons. The summed E-state index contributed by atoms with van der Waals surface area (Å²) in [5.41, 5.74) is 2.83. The van der Waals surface area contributed by atoms with Gasteiger partial charge in [-0.3, -0.25) is 14.4 Å². The summed E-state index contributed by atoms with van der Waals surface area (Å²) in [6, 6.07) is 13.1. The fraction of sp³-hybridized carbons (Fsp3) is 0.130. The number of Topliss-reactive ketones (excluding diaryl/α,β-unsaturated/α-hetero) is 1. The molecule has 7 heteroatoms. The van der Waals surface area contributed by atoms with Gasteiger partial charge in [0.15, 0.2) is 6.61 Å². The lowest BCUT2D eigenvalue weighted by atomic mass is 10.1. The maximum atomic E-state index is 12.9. The minimum Gasteiger partial charge on any atom is -0.454 e. The fourth-order valence-electron chi connectivity index (χ4n) is 3.40. The van der Waals surface area contributed by atoms with Crippen molar-refractivity contribution < 1.29 is 23.9 Å². The third-order valence-corrected chi connectivity index (χ3v) is 5.63. The largest absolute Gasteiger partial charge is 0.454 e. The summed E-state index contributed by atoms with van der Waals surface area (Å²) in [7, 11) is 0. The topological polar surface area (TPSA) is 80.8 Å². The Morgan fingerprint density at radius 1 is 0.933 bits per heavy atom. The predicted octanol–water partition coefficient (Wildman–Crippen LogP) is 4.21. The van der Waals surface area contributed by atoms with Gasteiger partial charge in [0.2, 0.25) is 5.78 Å². The van der Waals surface area contributed by atoms with E-state index in [-0.39, 0.29) is 22.5 Å². The molecule has 1 aliphatic rings. The molecule has 3 aromatic rings. The Labute approximate surface area is 176 Å². The predicted molar refractivity (Wildman–Crippen MR) is 112 cm³/mol. The van der Waals surface area contributed by atoms with Crippen molar-refractivity contribution in [1.29, 1.82) is 0 Å². The molecule has 6 nitrogen and oxygen atoms in total. The van der Waals surface area contributed by atoms with Gasteiger partial charge in [0.05, 0.1) is 27.3 Å². The summed E-state index contributed by atoms with van der Waals surface area (Å²) >= 11 is 1.27. The molecular weight excluding hydrogens is 402 g/mol. The van der Waals surface area contributed by atoms with Crippen molar-refractivity contribution in [2.75, 3.05) is 11.5 Å². The summed E-state index contributed by atoms with van der Waals surface area (Å²) in [4.78, 5) is 51.7. The molecule has 1 aromatic heterocycles. The van der Waals surface area contributed by atoms with Gasteiger partial charge in [-0.15, -0.1) is 11.3 Å². The van der Waals surface area contributed by atoms with Crippen LogP contribution in [-0.4, -0.2) is 30.2 Å². The van der Waals surface area contributed by atoms with E-state index >= 15 is 0 Å². The van der Waals surface area contributed by atoms with Crippen LogP contribution in [0.2, 0.25) is 0 Å². The van der Waals surface area contributed by atoms with Crippen LogP contribution in [-0.2, 0) is 4.74 Å². The van der Waals surface area contributed by atoms with E-state index in [1.807, 2.05) is 19.9 Å². The Bertz CT molecular complexity index is 1180. The number of ketones is 1. The van der Waals surface area contributed by atoms with E-state index < -0.39 is 24.4 Å². The number of nitrogens with zero attached hydrogens (tertiary/aromatic N) is 1. The van der Waals surface area contributed by atoms with Gasteiger partial charge in [-0.25, -0.2) is 9.69 Å². The smallest absolute Gasteiger partial charge is 0.338 e. The zero-order chi connectivity index (χ0) is 21.4. The number of hydrogen-bond acceptors (Lipinski definition) is 6. The van der Waals surface area contributed by atoms with Crippen molar-refractivity contribution in [2.45, 2.75) is 13.8 Å². The van der Waals surface area contributed by atoms with E-state index in [1.165, 1.54) is 29.5 Å². The highest BCUT2D eigenvalue weighted by Gasteiger charge is 2.37. The lowest BCUT2D eigenvalue weighted by Gasteiger charge is -2.15. The number of hydrogen-bond donors (Lipinski definition) is 0. The number of imide groups is 1. The summed E-state index contributed by atoms with van der Waals surface area (Å²) in [5.74, 6) is -1.96. The van der Waals surface area contributed by atoms with Gasteiger partial charge in [0, 0.05) is 0 Å². The SMILES string of the molecule is Cc1cc(C)cc(N2C(=O)c3ccc(C(=O)OCC(=O)c4cccs4)cc3C2=O)c1. The first-order valence-corrected chi connectivity index (χ1v) is 10.1. The molecule has 0 bridgehead atoms. The molecule has 0 fully saturated rings. The van der Waals surface area contributed by atoms with Crippen LogP contribution in [0.3, 0.4) is 0 Å². The molecule has 2 amide bonds. The van der Waals surface area contributed by atoms with Gasteiger partial charge in [-0.1, -0.05) is 12.1 Å². The highest BCUT2D eigenvalue weighted by atomic mass is 32.1. The molecule has 0 unspecified atom stereocenters. The quantitative estimate of drug-likeness (QED) is 0.352. The number of thiophene rings is 1. The van der Waals surface area contributed by atoms with Crippen molar-refractivity contribution in [3.8, 4) is 0 Å². The summed E-state index contributed by atoms with van der Waals surface area (Å²) < 4.78 is 5.09. The Kier molecular flexibility index (Phi) is 5.05. The van der Waals surface area contributed by atoms with Crippen LogP contribution in [0.5, 0.6) is 0 Å². The molecule has 0 atom stereocenters. The molecule has 0 saturated heterocycles. The number of aryl methyl sites for hydroxylation is 2. The van der Waals surface area contributed by atoms with Crippen molar-refractivity contribution in [2.24, 2.45) is 0 Å². The van der Waals surface area contributed by atoms with Gasteiger partial charge in [-0.05, 0) is 66.8 Å². The van der Waals surface area contributed by atoms with Crippen molar-refractivity contribution in [3.63, 3.8) is 0 Å². The second-order valence-electron chi connectivity index (χ2n) is 7.03. The fourth-order valence-corrected chi connectivity index (χ4v) is 4.06. The average molecular weight is 419 g/mol. The first kappa shape index (κ1) is 19.7. The van der Waals surface area contributed by atoms with Crippen LogP contribution in [0.25, 0.3) is 0 Å². The van der Waals surface area contributed by atoms with Crippen LogP contribution in [0.15, 0.2) is 53.9 Å². The number of anilines is 1. The Balaban J connectivity index is 1.55. The third-order valence-electron chi connectivity index (χ3n) is 4.72. The molecule has 30 heavy (non-hydrogen) atoms. The number of rotatable bonds is 5. The van der Waals surface area contributed by atoms with E-state index in [0.717, 1.165) is 16.0 Å². The molecule has 0 spiro atoms. The van der Waals surface area contributed by atoms with Crippen molar-refractivity contribution >= 4 is 40.6 Å². The van der Waals surface area contributed by atoms with Crippen LogP contribution < -0.4 is 4.90 Å². The van der Waals surface area contributed by atoms with E-state index in [4.69, 9.17) is 4.74 Å². The molecule has 4 rings (SSSR count). The molecular formula is C23H17NO5S. The second-order valence-corrected chi connectivity index (χ2v) is 7.98. The average Bonchev–Trinajstić information content (AvgIpc) is 3.32. The summed E-state index contributed by atoms with van der Waals surface area (Å²) in [6.45, 7) is 3.39. The van der Waals surface area contributed by atoms with Crippen LogP contribution in [0, 0.1) is 13.8 Å². The molecule has 0 N–H and O–H groups in total. The Morgan fingerprint density at radius 3 is 2.30 bits per heavy atom. The lowest BCUT2D eigenvalue weighted by molar-refractivity contribution is 0.0475. The monoisotopic (exact) mass is 419 g/mol. The van der Waals surface area contributed by atoms with Crippen LogP contribution >= 0.6 is 11.3 Å². The van der Waals surface area contributed by atoms with Gasteiger partial charge < -0.3 is 4.74 Å². The van der Waals surface area contributed by atoms with Crippen LogP contribution in [0.4, 0.5) is 5.69 Å².